The summed E-state index contributed by atoms with van der Waals surface area (Å²) in [6, 6.07) is 11.8. The van der Waals surface area contributed by atoms with Crippen molar-refractivity contribution in [2.24, 2.45) is 5.92 Å². The van der Waals surface area contributed by atoms with Crippen molar-refractivity contribution in [2.45, 2.75) is 43.2 Å². The molecule has 2 aromatic carbocycles. The van der Waals surface area contributed by atoms with E-state index in [0.717, 1.165) is 42.8 Å². The lowest BCUT2D eigenvalue weighted by Crippen LogP contribution is -2.24. The Morgan fingerprint density at radius 3 is 2.59 bits per heavy atom. The number of aliphatic hydroxyl groups excluding tert-OH is 1. The Morgan fingerprint density at radius 2 is 1.88 bits per heavy atom. The number of aromatic hydroxyl groups is 1. The first-order valence-electron chi connectivity index (χ1n) is 10.4. The number of carbonyl (C=O) groups is 1. The molecule has 2 aromatic rings. The molecule has 1 unspecified atom stereocenters. The summed E-state index contributed by atoms with van der Waals surface area (Å²) < 4.78 is 0. The number of rotatable bonds is 11. The second-order valence-electron chi connectivity index (χ2n) is 8.01. The van der Waals surface area contributed by atoms with Crippen LogP contribution in [-0.4, -0.2) is 41.5 Å². The number of benzene rings is 2. The van der Waals surface area contributed by atoms with E-state index < -0.39 is 11.5 Å². The molecule has 5 N–H and O–H groups in total. The maximum atomic E-state index is 11.1. The van der Waals surface area contributed by atoms with Gasteiger partial charge in [-0.25, -0.2) is 0 Å². The van der Waals surface area contributed by atoms with Crippen LogP contribution in [0, 0.1) is 5.92 Å². The zero-order chi connectivity index (χ0) is 21.5. The molecule has 9 heteroatoms. The van der Waals surface area contributed by atoms with Gasteiger partial charge >= 0.3 is 0 Å². The minimum absolute atomic E-state index is 0. The number of anilines is 1. The van der Waals surface area contributed by atoms with Gasteiger partial charge < -0.3 is 31.0 Å². The molecule has 0 saturated carbocycles. The summed E-state index contributed by atoms with van der Waals surface area (Å²) >= 11 is 1.32. The van der Waals surface area contributed by atoms with Crippen molar-refractivity contribution in [3.05, 3.63) is 53.1 Å². The number of carbonyl (C=O) groups excluding carboxylic acids is 1. The van der Waals surface area contributed by atoms with Crippen LogP contribution < -0.4 is 16.0 Å². The van der Waals surface area contributed by atoms with Crippen LogP contribution in [0.15, 0.2) is 41.3 Å². The molecule has 0 saturated heterocycles. The van der Waals surface area contributed by atoms with Crippen LogP contribution in [-0.2, 0) is 17.8 Å². The van der Waals surface area contributed by atoms with E-state index in [2.05, 4.69) is 54.1 Å². The Labute approximate surface area is 206 Å². The number of phenols is 1. The van der Waals surface area contributed by atoms with Gasteiger partial charge in [-0.3, -0.25) is 0 Å². The molecule has 3 rings (SSSR count). The van der Waals surface area contributed by atoms with Gasteiger partial charge in [-0.1, -0.05) is 55.9 Å². The highest BCUT2D eigenvalue weighted by molar-refractivity contribution is 8.01. The molecule has 0 bridgehead atoms. The van der Waals surface area contributed by atoms with E-state index >= 15 is 0 Å². The Balaban J connectivity index is 0.00000256. The molecule has 6 nitrogen and oxygen atoms in total. The molecule has 0 spiro atoms. The van der Waals surface area contributed by atoms with Gasteiger partial charge in [0.1, 0.15) is 11.1 Å². The summed E-state index contributed by atoms with van der Waals surface area (Å²) in [6.45, 7) is 7.43. The van der Waals surface area contributed by atoms with Crippen LogP contribution >= 0.6 is 36.6 Å². The molecular formula is C23H33Cl2N3O3S. The third-order valence-corrected chi connectivity index (χ3v) is 6.14. The number of thioether (sulfide) groups is 1. The second kappa shape index (κ2) is 13.9. The van der Waals surface area contributed by atoms with Gasteiger partial charge in [0, 0.05) is 18.0 Å². The summed E-state index contributed by atoms with van der Waals surface area (Å²) in [6.07, 6.45) is 0.957. The van der Waals surface area contributed by atoms with Crippen LogP contribution in [0.1, 0.15) is 36.6 Å². The predicted molar refractivity (Wildman–Crippen MR) is 136 cm³/mol. The van der Waals surface area contributed by atoms with E-state index in [-0.39, 0.29) is 30.6 Å². The Hall–Kier alpha value is -1.48. The summed E-state index contributed by atoms with van der Waals surface area (Å²) in [5.41, 5.74) is 3.79. The number of hydrogen-bond acceptors (Lipinski definition) is 7. The van der Waals surface area contributed by atoms with Gasteiger partial charge in [-0.2, -0.15) is 0 Å². The molecule has 1 aliphatic heterocycles. The number of phenolic OH excluding ortho intramolecular Hbond substituents is 1. The molecule has 32 heavy (non-hydrogen) atoms. The minimum Gasteiger partial charge on any atom is -0.506 e. The zero-order valence-corrected chi connectivity index (χ0v) is 20.8. The summed E-state index contributed by atoms with van der Waals surface area (Å²) in [4.78, 5) is 11.8. The highest BCUT2D eigenvalue weighted by atomic mass is 35.5. The molecule has 178 valence electrons. The first-order chi connectivity index (χ1) is 14.5. The van der Waals surface area contributed by atoms with Gasteiger partial charge in [0.05, 0.1) is 11.8 Å². The van der Waals surface area contributed by atoms with Crippen LogP contribution in [0.4, 0.5) is 5.69 Å². The first kappa shape index (κ1) is 28.6. The number of aldehydes is 1. The average molecular weight is 503 g/mol. The molecule has 0 fully saturated rings. The molecule has 0 amide bonds. The van der Waals surface area contributed by atoms with Gasteiger partial charge in [-0.15, -0.1) is 24.8 Å². The normalized spacial score (nSPS) is 15.3. The van der Waals surface area contributed by atoms with Gasteiger partial charge in [-0.05, 0) is 48.2 Å². The lowest BCUT2D eigenvalue weighted by Gasteiger charge is -2.16. The zero-order valence-electron chi connectivity index (χ0n) is 18.3. The number of halogens is 2. The highest BCUT2D eigenvalue weighted by Crippen LogP contribution is 2.46. The SMILES string of the molecule is CC(C)CNCc1cccc(CCNC[C@H](O)c2ccc(O)c3c2SC(C=O)N3)c1.Cl.Cl. The fourth-order valence-electron chi connectivity index (χ4n) is 3.46. The summed E-state index contributed by atoms with van der Waals surface area (Å²) in [5.74, 6) is 0.727. The number of hydrogen-bond donors (Lipinski definition) is 5. The van der Waals surface area contributed by atoms with E-state index in [4.69, 9.17) is 0 Å². The largest absolute Gasteiger partial charge is 0.506 e. The lowest BCUT2D eigenvalue weighted by molar-refractivity contribution is -0.107. The Bertz CT molecular complexity index is 870. The monoisotopic (exact) mass is 501 g/mol. The van der Waals surface area contributed by atoms with E-state index in [0.29, 0.717) is 18.2 Å². The van der Waals surface area contributed by atoms with Crippen molar-refractivity contribution < 1.29 is 15.0 Å². The fraction of sp³-hybridized carbons (Fsp3) is 0.435. The average Bonchev–Trinajstić information content (AvgIpc) is 3.17. The molecule has 0 aliphatic carbocycles. The lowest BCUT2D eigenvalue weighted by atomic mass is 10.1. The van der Waals surface area contributed by atoms with Crippen molar-refractivity contribution in [1.29, 1.82) is 0 Å². The van der Waals surface area contributed by atoms with Crippen molar-refractivity contribution in [1.82, 2.24) is 10.6 Å². The van der Waals surface area contributed by atoms with Gasteiger partial charge in [0.2, 0.25) is 0 Å². The third-order valence-electron chi connectivity index (χ3n) is 4.98. The van der Waals surface area contributed by atoms with Crippen LogP contribution in [0.25, 0.3) is 0 Å². The first-order valence-corrected chi connectivity index (χ1v) is 11.3. The molecule has 2 atom stereocenters. The number of aliphatic hydroxyl groups is 1. The summed E-state index contributed by atoms with van der Waals surface area (Å²) in [5, 5.41) is 30.0. The van der Waals surface area contributed by atoms with Crippen molar-refractivity contribution in [3.63, 3.8) is 0 Å². The van der Waals surface area contributed by atoms with Crippen LogP contribution in [0.5, 0.6) is 5.75 Å². The smallest absolute Gasteiger partial charge is 0.152 e. The van der Waals surface area contributed by atoms with Crippen molar-refractivity contribution in [3.8, 4) is 5.75 Å². The summed E-state index contributed by atoms with van der Waals surface area (Å²) in [7, 11) is 0. The van der Waals surface area contributed by atoms with Crippen LogP contribution in [0.3, 0.4) is 0 Å². The highest BCUT2D eigenvalue weighted by Gasteiger charge is 2.28. The molecular weight excluding hydrogens is 469 g/mol. The minimum atomic E-state index is -0.717. The predicted octanol–water partition coefficient (Wildman–Crippen LogP) is 3.89. The second-order valence-corrected chi connectivity index (χ2v) is 9.16. The molecule has 1 aliphatic rings. The maximum Gasteiger partial charge on any atom is 0.152 e. The van der Waals surface area contributed by atoms with Crippen LogP contribution in [0.2, 0.25) is 0 Å². The number of fused-ring (bicyclic) bond motifs is 1. The molecule has 1 heterocycles. The Morgan fingerprint density at radius 1 is 1.12 bits per heavy atom. The van der Waals surface area contributed by atoms with Gasteiger partial charge in [0.25, 0.3) is 0 Å². The maximum absolute atomic E-state index is 11.1. The fourth-order valence-corrected chi connectivity index (χ4v) is 4.57. The molecule has 0 radical (unpaired) electrons. The standard InChI is InChI=1S/C23H31N3O3S.2ClH/c1-15(2)11-25-12-17-5-3-4-16(10-17)8-9-24-13-20(29)18-6-7-19(28)22-23(18)30-21(14-27)26-22;;/h3-7,10,14-15,20-21,24-26,28-29H,8-9,11-13H2,1-2H3;2*1H/t20-,21?;;/m0../s1. The van der Waals surface area contributed by atoms with E-state index in [1.807, 2.05) is 0 Å². The Kier molecular flexibility index (Phi) is 12.4. The molecule has 0 aromatic heterocycles. The topological polar surface area (TPSA) is 93.6 Å². The van der Waals surface area contributed by atoms with Crippen molar-refractivity contribution >= 4 is 48.5 Å². The van der Waals surface area contributed by atoms with Gasteiger partial charge in [0.15, 0.2) is 6.29 Å². The third kappa shape index (κ3) is 7.83. The van der Waals surface area contributed by atoms with Crippen molar-refractivity contribution in [2.75, 3.05) is 25.0 Å². The van der Waals surface area contributed by atoms with E-state index in [1.165, 1.54) is 22.9 Å². The quantitative estimate of drug-likeness (QED) is 0.181. The van der Waals surface area contributed by atoms with E-state index in [1.54, 1.807) is 12.1 Å². The number of nitrogens with one attached hydrogen (secondary N) is 3. The van der Waals surface area contributed by atoms with E-state index in [9.17, 15) is 15.0 Å².